The molecule has 0 bridgehead atoms. The van der Waals surface area contributed by atoms with Gasteiger partial charge in [0.1, 0.15) is 5.76 Å². The van der Waals surface area contributed by atoms with Gasteiger partial charge in [0.15, 0.2) is 10.9 Å². The Balaban J connectivity index is 1.32. The second kappa shape index (κ2) is 6.41. The topological polar surface area (TPSA) is 63.3 Å². The summed E-state index contributed by atoms with van der Waals surface area (Å²) in [6, 6.07) is 3.65. The van der Waals surface area contributed by atoms with Crippen LogP contribution in [0.2, 0.25) is 0 Å². The van der Waals surface area contributed by atoms with Gasteiger partial charge in [0, 0.05) is 18.5 Å². The van der Waals surface area contributed by atoms with E-state index in [4.69, 9.17) is 4.42 Å². The quantitative estimate of drug-likeness (QED) is 0.908. The average Bonchev–Trinajstić information content (AvgIpc) is 3.29. The van der Waals surface area contributed by atoms with Crippen LogP contribution in [0.5, 0.6) is 0 Å². The average molecular weight is 332 g/mol. The van der Waals surface area contributed by atoms with Crippen molar-refractivity contribution in [3.8, 4) is 0 Å². The summed E-state index contributed by atoms with van der Waals surface area (Å²) in [5.74, 6) is 2.13. The van der Waals surface area contributed by atoms with Crippen molar-refractivity contribution in [1.82, 2.24) is 19.8 Å². The fourth-order valence-corrected chi connectivity index (χ4v) is 4.01. The number of imidazole rings is 1. The zero-order chi connectivity index (χ0) is 15.6. The normalized spacial score (nSPS) is 17.6. The molecule has 2 aliphatic heterocycles. The Bertz CT molecular complexity index is 681. The van der Waals surface area contributed by atoms with Gasteiger partial charge in [-0.05, 0) is 38.1 Å². The fourth-order valence-electron chi connectivity index (χ4n) is 3.05. The Kier molecular flexibility index (Phi) is 4.13. The molecule has 6 nitrogen and oxygen atoms in total. The number of aryl methyl sites for hydroxylation is 1. The Morgan fingerprint density at radius 1 is 1.30 bits per heavy atom. The van der Waals surface area contributed by atoms with Crippen LogP contribution in [0, 0.1) is 0 Å². The molecule has 4 rings (SSSR count). The number of fused-ring (bicyclic) bond motifs is 1. The van der Waals surface area contributed by atoms with E-state index in [1.807, 2.05) is 12.3 Å². The molecule has 0 atom stereocenters. The number of carbonyl (C=O) groups is 1. The van der Waals surface area contributed by atoms with Crippen molar-refractivity contribution >= 4 is 17.7 Å². The van der Waals surface area contributed by atoms with Gasteiger partial charge in [-0.1, -0.05) is 11.8 Å². The van der Waals surface area contributed by atoms with E-state index in [2.05, 4.69) is 19.8 Å². The summed E-state index contributed by atoms with van der Waals surface area (Å²) in [6.45, 7) is 4.45. The molecule has 0 aliphatic carbocycles. The second-order valence-electron chi connectivity index (χ2n) is 5.99. The highest BCUT2D eigenvalue weighted by atomic mass is 32.2. The third-order valence-corrected chi connectivity index (χ3v) is 5.22. The molecule has 1 N–H and O–H groups in total. The molecular weight excluding hydrogens is 312 g/mol. The first-order valence-electron chi connectivity index (χ1n) is 8.06. The lowest BCUT2D eigenvalue weighted by atomic mass is 10.3. The summed E-state index contributed by atoms with van der Waals surface area (Å²) < 4.78 is 7.81. The standard InChI is InChI=1S/C16H20N4O2S/c21-15(17-9-12-10-20-7-8-23-16(20)18-12)14-4-3-13(22-14)11-19-5-1-2-6-19/h3-4,10H,1-2,5-9,11H2,(H,17,21). The predicted octanol–water partition coefficient (Wildman–Crippen LogP) is 2.11. The maximum Gasteiger partial charge on any atom is 0.287 e. The molecule has 1 fully saturated rings. The first-order chi connectivity index (χ1) is 11.3. The zero-order valence-electron chi connectivity index (χ0n) is 13.0. The van der Waals surface area contributed by atoms with Gasteiger partial charge >= 0.3 is 0 Å². The van der Waals surface area contributed by atoms with Crippen molar-refractivity contribution in [2.75, 3.05) is 18.8 Å². The van der Waals surface area contributed by atoms with Gasteiger partial charge in [0.2, 0.25) is 0 Å². The highest BCUT2D eigenvalue weighted by molar-refractivity contribution is 7.99. The monoisotopic (exact) mass is 332 g/mol. The number of likely N-dealkylation sites (tertiary alicyclic amines) is 1. The highest BCUT2D eigenvalue weighted by Gasteiger charge is 2.17. The summed E-state index contributed by atoms with van der Waals surface area (Å²) in [4.78, 5) is 19.0. The van der Waals surface area contributed by atoms with Crippen LogP contribution in [0.3, 0.4) is 0 Å². The SMILES string of the molecule is O=C(NCc1cn2c(n1)SCC2)c1ccc(CN2CCCC2)o1. The zero-order valence-corrected chi connectivity index (χ0v) is 13.8. The van der Waals surface area contributed by atoms with Gasteiger partial charge < -0.3 is 14.3 Å². The van der Waals surface area contributed by atoms with Gasteiger partial charge in [0.25, 0.3) is 5.91 Å². The molecule has 23 heavy (non-hydrogen) atoms. The molecule has 2 aromatic rings. The molecule has 0 aromatic carbocycles. The smallest absolute Gasteiger partial charge is 0.287 e. The molecule has 2 aliphatic rings. The molecule has 4 heterocycles. The summed E-state index contributed by atoms with van der Waals surface area (Å²) in [7, 11) is 0. The Hall–Kier alpha value is -1.73. The molecule has 0 radical (unpaired) electrons. The van der Waals surface area contributed by atoms with Crippen LogP contribution in [0.4, 0.5) is 0 Å². The fraction of sp³-hybridized carbons (Fsp3) is 0.500. The Morgan fingerprint density at radius 3 is 3.00 bits per heavy atom. The Morgan fingerprint density at radius 2 is 2.17 bits per heavy atom. The molecular formula is C16H20N4O2S. The van der Waals surface area contributed by atoms with E-state index in [0.717, 1.165) is 48.5 Å². The first-order valence-corrected chi connectivity index (χ1v) is 9.04. The summed E-state index contributed by atoms with van der Waals surface area (Å²) >= 11 is 1.75. The van der Waals surface area contributed by atoms with Crippen molar-refractivity contribution in [3.63, 3.8) is 0 Å². The molecule has 0 spiro atoms. The van der Waals surface area contributed by atoms with Crippen LogP contribution in [0.1, 0.15) is 34.9 Å². The van der Waals surface area contributed by atoms with Crippen molar-refractivity contribution in [2.45, 2.75) is 37.6 Å². The van der Waals surface area contributed by atoms with Gasteiger partial charge in [-0.25, -0.2) is 4.98 Å². The maximum absolute atomic E-state index is 12.2. The van der Waals surface area contributed by atoms with Crippen molar-refractivity contribution < 1.29 is 9.21 Å². The lowest BCUT2D eigenvalue weighted by molar-refractivity contribution is 0.0919. The van der Waals surface area contributed by atoms with Crippen molar-refractivity contribution in [2.24, 2.45) is 0 Å². The van der Waals surface area contributed by atoms with E-state index in [-0.39, 0.29) is 5.91 Å². The molecule has 122 valence electrons. The predicted molar refractivity (Wildman–Crippen MR) is 87.3 cm³/mol. The minimum absolute atomic E-state index is 0.182. The number of hydrogen-bond donors (Lipinski definition) is 1. The van der Waals surface area contributed by atoms with Crippen LogP contribution < -0.4 is 5.32 Å². The minimum atomic E-state index is -0.182. The van der Waals surface area contributed by atoms with Crippen LogP contribution in [0.25, 0.3) is 0 Å². The van der Waals surface area contributed by atoms with E-state index in [9.17, 15) is 4.79 Å². The van der Waals surface area contributed by atoms with Crippen LogP contribution in [-0.2, 0) is 19.6 Å². The third-order valence-electron chi connectivity index (χ3n) is 4.25. The molecule has 1 amide bonds. The van der Waals surface area contributed by atoms with E-state index in [1.165, 1.54) is 12.8 Å². The highest BCUT2D eigenvalue weighted by Crippen LogP contribution is 2.24. The van der Waals surface area contributed by atoms with Crippen LogP contribution in [0.15, 0.2) is 27.9 Å². The van der Waals surface area contributed by atoms with Gasteiger partial charge in [-0.3, -0.25) is 9.69 Å². The van der Waals surface area contributed by atoms with Crippen molar-refractivity contribution in [3.05, 3.63) is 35.5 Å². The number of rotatable bonds is 5. The first kappa shape index (κ1) is 14.8. The number of nitrogens with zero attached hydrogens (tertiary/aromatic N) is 3. The number of carbonyl (C=O) groups excluding carboxylic acids is 1. The number of aromatic nitrogens is 2. The summed E-state index contributed by atoms with van der Waals surface area (Å²) in [6.07, 6.45) is 4.51. The van der Waals surface area contributed by atoms with Crippen LogP contribution >= 0.6 is 11.8 Å². The molecule has 7 heteroatoms. The van der Waals surface area contributed by atoms with Gasteiger partial charge in [-0.2, -0.15) is 0 Å². The largest absolute Gasteiger partial charge is 0.455 e. The number of amides is 1. The van der Waals surface area contributed by atoms with E-state index >= 15 is 0 Å². The number of nitrogens with one attached hydrogen (secondary N) is 1. The van der Waals surface area contributed by atoms with E-state index < -0.39 is 0 Å². The van der Waals surface area contributed by atoms with E-state index in [1.54, 1.807) is 17.8 Å². The summed E-state index contributed by atoms with van der Waals surface area (Å²) in [5.41, 5.74) is 0.893. The molecule has 1 saturated heterocycles. The third kappa shape index (κ3) is 3.30. The number of hydrogen-bond acceptors (Lipinski definition) is 5. The lowest BCUT2D eigenvalue weighted by Crippen LogP contribution is -2.22. The van der Waals surface area contributed by atoms with Crippen molar-refractivity contribution in [1.29, 1.82) is 0 Å². The Labute approximate surface area is 139 Å². The minimum Gasteiger partial charge on any atom is -0.455 e. The molecule has 0 unspecified atom stereocenters. The summed E-state index contributed by atoms with van der Waals surface area (Å²) in [5, 5.41) is 3.92. The molecule has 2 aromatic heterocycles. The van der Waals surface area contributed by atoms with Gasteiger partial charge in [0.05, 0.1) is 18.8 Å². The maximum atomic E-state index is 12.2. The number of thioether (sulfide) groups is 1. The second-order valence-corrected chi connectivity index (χ2v) is 7.05. The van der Waals surface area contributed by atoms with Gasteiger partial charge in [-0.15, -0.1) is 0 Å². The number of furan rings is 1. The van der Waals surface area contributed by atoms with Crippen LogP contribution in [-0.4, -0.2) is 39.2 Å². The van der Waals surface area contributed by atoms with E-state index in [0.29, 0.717) is 12.3 Å². The molecule has 0 saturated carbocycles. The lowest BCUT2D eigenvalue weighted by Gasteiger charge is -2.11.